The van der Waals surface area contributed by atoms with Gasteiger partial charge >= 0.3 is 157 Å². The topological polar surface area (TPSA) is 26.3 Å². The molecule has 0 atom stereocenters. The Morgan fingerprint density at radius 3 is 2.75 bits per heavy atom. The maximum absolute atomic E-state index is 12.1. The molecule has 0 N–H and O–H groups in total. The van der Waals surface area contributed by atoms with E-state index in [1.807, 2.05) is 30.3 Å². The molecule has 146 valence electrons. The summed E-state index contributed by atoms with van der Waals surface area (Å²) in [6.45, 7) is 0. The van der Waals surface area contributed by atoms with Crippen LogP contribution in [-0.4, -0.2) is 26.7 Å². The second-order valence-corrected chi connectivity index (χ2v) is 9.35. The second-order valence-electron chi connectivity index (χ2n) is 6.98. The fourth-order valence-electron chi connectivity index (χ4n) is 3.48. The Labute approximate surface area is 174 Å². The average Bonchev–Trinajstić information content (AvgIpc) is 2.73. The molecule has 0 fully saturated rings. The van der Waals surface area contributed by atoms with Gasteiger partial charge < -0.3 is 4.74 Å². The van der Waals surface area contributed by atoms with Crippen molar-refractivity contribution in [2.75, 3.05) is 7.11 Å². The van der Waals surface area contributed by atoms with Crippen molar-refractivity contribution >= 4 is 29.7 Å². The predicted octanol–water partition coefficient (Wildman–Crippen LogP) is 5.09. The van der Waals surface area contributed by atoms with E-state index in [1.54, 1.807) is 7.11 Å². The van der Waals surface area contributed by atoms with Gasteiger partial charge in [-0.15, -0.1) is 0 Å². The van der Waals surface area contributed by atoms with Gasteiger partial charge in [-0.1, -0.05) is 0 Å². The zero-order valence-corrected chi connectivity index (χ0v) is 18.2. The van der Waals surface area contributed by atoms with E-state index in [4.69, 9.17) is 4.74 Å². The van der Waals surface area contributed by atoms with Crippen LogP contribution in [0.15, 0.2) is 66.8 Å². The van der Waals surface area contributed by atoms with Crippen LogP contribution in [0.4, 0.5) is 0 Å². The van der Waals surface area contributed by atoms with E-state index in [1.165, 1.54) is 21.2 Å². The van der Waals surface area contributed by atoms with Gasteiger partial charge in [-0.05, 0) is 0 Å². The van der Waals surface area contributed by atoms with Gasteiger partial charge in [0.1, 0.15) is 5.75 Å². The molecule has 0 radical (unpaired) electrons. The first kappa shape index (κ1) is 20.6. The summed E-state index contributed by atoms with van der Waals surface area (Å²) in [5.74, 6) is 0.947. The molecule has 28 heavy (non-hydrogen) atoms. The Kier molecular flexibility index (Phi) is 8.14. The summed E-state index contributed by atoms with van der Waals surface area (Å²) in [5, 5.41) is 0. The van der Waals surface area contributed by atoms with Crippen LogP contribution >= 0.6 is 0 Å². The van der Waals surface area contributed by atoms with Crippen molar-refractivity contribution < 1.29 is 9.53 Å². The quantitative estimate of drug-likeness (QED) is 0.293. The van der Waals surface area contributed by atoms with Crippen molar-refractivity contribution in [2.24, 2.45) is 0 Å². The van der Waals surface area contributed by atoms with Crippen molar-refractivity contribution in [3.8, 4) is 5.75 Å². The number of hydrogen-bond acceptors (Lipinski definition) is 2. The molecule has 1 aliphatic carbocycles. The average molecular weight is 439 g/mol. The van der Waals surface area contributed by atoms with Gasteiger partial charge in [-0.3, -0.25) is 0 Å². The van der Waals surface area contributed by atoms with Crippen LogP contribution in [0.25, 0.3) is 5.57 Å². The summed E-state index contributed by atoms with van der Waals surface area (Å²) in [6.07, 6.45) is 13.9. The summed E-state index contributed by atoms with van der Waals surface area (Å²) < 4.78 is 6.92. The number of unbranched alkanes of at least 4 members (excludes halogenated alkanes) is 1. The third kappa shape index (κ3) is 6.22. The van der Waals surface area contributed by atoms with E-state index in [0.29, 0.717) is 11.1 Å². The van der Waals surface area contributed by atoms with E-state index in [-0.39, 0.29) is 15.0 Å². The first-order valence-electron chi connectivity index (χ1n) is 10.0. The zero-order chi connectivity index (χ0) is 19.6. The summed E-state index contributed by atoms with van der Waals surface area (Å²) in [6, 6.07) is 16.5. The normalized spacial score (nSPS) is 13.2. The molecule has 0 aromatic heterocycles. The summed E-state index contributed by atoms with van der Waals surface area (Å²) >= 11 is -0.0332. The molecule has 1 aliphatic rings. The predicted molar refractivity (Wildman–Crippen MR) is 118 cm³/mol. The molecular weight excluding hydrogens is 411 g/mol. The van der Waals surface area contributed by atoms with Crippen molar-refractivity contribution in [1.82, 2.24) is 0 Å². The molecule has 3 heteroatoms. The number of methoxy groups -OCH3 is 1. The van der Waals surface area contributed by atoms with Gasteiger partial charge in [0.25, 0.3) is 0 Å². The van der Waals surface area contributed by atoms with Crippen molar-refractivity contribution in [3.05, 3.63) is 77.9 Å². The molecule has 0 bridgehead atoms. The molecule has 0 unspecified atom stereocenters. The van der Waals surface area contributed by atoms with Crippen molar-refractivity contribution in [2.45, 2.75) is 44.9 Å². The SMILES string of the molecule is COc1ccc2c(c1)CCC=C2CC/C=C/CCCC(=O)[Se]c1ccccc1. The number of carbonyl (C=O) groups excluding carboxylic acids is 1. The van der Waals surface area contributed by atoms with Gasteiger partial charge in [0, 0.05) is 0 Å². The van der Waals surface area contributed by atoms with Crippen LogP contribution in [0.1, 0.15) is 49.7 Å². The molecular formula is C25H28O2Se. The number of aryl methyl sites for hydroxylation is 1. The Balaban J connectivity index is 1.36. The molecule has 0 saturated carbocycles. The Morgan fingerprint density at radius 1 is 1.11 bits per heavy atom. The standard InChI is InChI=1S/C25H28O2Se/c1-27-22-17-18-24-20(12-10-13-21(24)19-22)11-6-3-2-4-9-16-25(26)28-23-14-7-5-8-15-23/h2-3,5,7-8,12,14-15,17-19H,4,6,9-11,13,16H2,1H3/b3-2+. The summed E-state index contributed by atoms with van der Waals surface area (Å²) in [5.41, 5.74) is 4.24. The van der Waals surface area contributed by atoms with Gasteiger partial charge in [0.05, 0.1) is 7.11 Å². The third-order valence-electron chi connectivity index (χ3n) is 4.94. The number of fused-ring (bicyclic) bond motifs is 1. The number of allylic oxidation sites excluding steroid dienone is 4. The van der Waals surface area contributed by atoms with E-state index in [0.717, 1.165) is 44.3 Å². The Bertz CT molecular complexity index is 837. The zero-order valence-electron chi connectivity index (χ0n) is 16.5. The number of benzene rings is 2. The van der Waals surface area contributed by atoms with Crippen LogP contribution < -0.4 is 9.20 Å². The first-order chi connectivity index (χ1) is 13.8. The summed E-state index contributed by atoms with van der Waals surface area (Å²) in [4.78, 5) is 12.1. The number of rotatable bonds is 10. The summed E-state index contributed by atoms with van der Waals surface area (Å²) in [7, 11) is 1.72. The molecule has 0 heterocycles. The maximum atomic E-state index is 12.1. The third-order valence-corrected chi connectivity index (χ3v) is 6.91. The van der Waals surface area contributed by atoms with E-state index >= 15 is 0 Å². The van der Waals surface area contributed by atoms with Crippen molar-refractivity contribution in [3.63, 3.8) is 0 Å². The van der Waals surface area contributed by atoms with Crippen LogP contribution in [0.3, 0.4) is 0 Å². The molecule has 0 aliphatic heterocycles. The molecule has 2 aromatic rings. The second kappa shape index (κ2) is 11.0. The first-order valence-corrected chi connectivity index (χ1v) is 11.7. The van der Waals surface area contributed by atoms with E-state index < -0.39 is 0 Å². The minimum absolute atomic E-state index is 0.0332. The van der Waals surface area contributed by atoms with Gasteiger partial charge in [-0.2, -0.15) is 0 Å². The fraction of sp³-hybridized carbons (Fsp3) is 0.320. The molecule has 2 aromatic carbocycles. The minimum atomic E-state index is -0.0332. The number of carbonyl (C=O) groups is 1. The fourth-order valence-corrected chi connectivity index (χ4v) is 5.16. The van der Waals surface area contributed by atoms with Crippen LogP contribution in [0.2, 0.25) is 0 Å². The molecule has 3 rings (SSSR count). The van der Waals surface area contributed by atoms with Gasteiger partial charge in [-0.25, -0.2) is 0 Å². The molecule has 2 nitrogen and oxygen atoms in total. The monoisotopic (exact) mass is 440 g/mol. The van der Waals surface area contributed by atoms with Gasteiger partial charge in [0.15, 0.2) is 0 Å². The molecule has 0 amide bonds. The van der Waals surface area contributed by atoms with Gasteiger partial charge in [0.2, 0.25) is 0 Å². The van der Waals surface area contributed by atoms with E-state index in [2.05, 4.69) is 36.4 Å². The van der Waals surface area contributed by atoms with Crippen LogP contribution in [0, 0.1) is 0 Å². The Morgan fingerprint density at radius 2 is 1.93 bits per heavy atom. The van der Waals surface area contributed by atoms with E-state index in [9.17, 15) is 4.79 Å². The Hall–Kier alpha value is -2.09. The molecule has 0 spiro atoms. The number of ether oxygens (including phenoxy) is 1. The van der Waals surface area contributed by atoms with Crippen LogP contribution in [0.5, 0.6) is 5.75 Å². The number of hydrogen-bond donors (Lipinski definition) is 0. The van der Waals surface area contributed by atoms with Crippen molar-refractivity contribution in [1.29, 1.82) is 0 Å². The molecule has 0 saturated heterocycles. The van der Waals surface area contributed by atoms with Crippen LogP contribution in [-0.2, 0) is 11.2 Å².